The summed E-state index contributed by atoms with van der Waals surface area (Å²) in [4.78, 5) is 25.0. The van der Waals surface area contributed by atoms with Gasteiger partial charge in [0.25, 0.3) is 0 Å². The molecular formula is C24H18Cl2N2O5. The molecule has 1 amide bonds. The van der Waals surface area contributed by atoms with Crippen LogP contribution in [0.25, 0.3) is 0 Å². The van der Waals surface area contributed by atoms with Gasteiger partial charge >= 0.3 is 6.09 Å². The van der Waals surface area contributed by atoms with Gasteiger partial charge in [0.2, 0.25) is 0 Å². The lowest BCUT2D eigenvalue weighted by molar-refractivity contribution is 0.103. The van der Waals surface area contributed by atoms with Crippen LogP contribution in [0.1, 0.15) is 27.0 Å². The lowest BCUT2D eigenvalue weighted by Gasteiger charge is -2.12. The van der Waals surface area contributed by atoms with E-state index >= 15 is 0 Å². The van der Waals surface area contributed by atoms with E-state index in [1.807, 2.05) is 36.4 Å². The van der Waals surface area contributed by atoms with Crippen LogP contribution in [0.2, 0.25) is 10.0 Å². The van der Waals surface area contributed by atoms with Gasteiger partial charge in [-0.15, -0.1) is 0 Å². The van der Waals surface area contributed by atoms with Crippen LogP contribution in [0.3, 0.4) is 0 Å². The number of halogens is 2. The Balaban J connectivity index is 1.69. The van der Waals surface area contributed by atoms with E-state index in [2.05, 4.69) is 5.32 Å². The Bertz CT molecular complexity index is 1210. The summed E-state index contributed by atoms with van der Waals surface area (Å²) in [6.45, 7) is -0.175. The summed E-state index contributed by atoms with van der Waals surface area (Å²) in [7, 11) is 0. The SMILES string of the molecule is N#CCOc1ccc(C(=O)c2ccc(O)c(CNC(=O)OCc3ccccc3)c2)c(Cl)c1Cl. The summed E-state index contributed by atoms with van der Waals surface area (Å²) in [5, 5.41) is 21.3. The topological polar surface area (TPSA) is 109 Å². The third-order valence-corrected chi connectivity index (χ3v) is 5.43. The van der Waals surface area contributed by atoms with Crippen molar-refractivity contribution in [3.05, 3.63) is 93.0 Å². The highest BCUT2D eigenvalue weighted by molar-refractivity contribution is 6.45. The van der Waals surface area contributed by atoms with Crippen LogP contribution in [-0.4, -0.2) is 23.6 Å². The van der Waals surface area contributed by atoms with E-state index in [0.29, 0.717) is 5.56 Å². The quantitative estimate of drug-likeness (QED) is 0.422. The molecule has 0 heterocycles. The molecule has 33 heavy (non-hydrogen) atoms. The van der Waals surface area contributed by atoms with E-state index in [4.69, 9.17) is 37.9 Å². The Morgan fingerprint density at radius 2 is 1.79 bits per heavy atom. The summed E-state index contributed by atoms with van der Waals surface area (Å²) in [6, 6.07) is 18.1. The Hall–Kier alpha value is -3.73. The normalized spacial score (nSPS) is 10.2. The number of alkyl carbamates (subject to hydrolysis) is 1. The first-order valence-electron chi connectivity index (χ1n) is 9.69. The Morgan fingerprint density at radius 3 is 2.52 bits per heavy atom. The molecule has 0 atom stereocenters. The summed E-state index contributed by atoms with van der Waals surface area (Å²) in [5.74, 6) is -0.356. The van der Waals surface area contributed by atoms with Gasteiger partial charge in [-0.3, -0.25) is 4.79 Å². The molecule has 168 valence electrons. The van der Waals surface area contributed by atoms with Gasteiger partial charge in [-0.25, -0.2) is 4.79 Å². The number of hydrogen-bond acceptors (Lipinski definition) is 6. The van der Waals surface area contributed by atoms with Gasteiger partial charge in [0.15, 0.2) is 12.4 Å². The molecule has 3 aromatic rings. The minimum atomic E-state index is -0.669. The number of hydrogen-bond donors (Lipinski definition) is 2. The average molecular weight is 485 g/mol. The first-order chi connectivity index (χ1) is 15.9. The van der Waals surface area contributed by atoms with E-state index < -0.39 is 11.9 Å². The number of phenolic OH excluding ortho intramolecular Hbond substituents is 1. The van der Waals surface area contributed by atoms with Gasteiger partial charge in [0.05, 0.1) is 5.02 Å². The number of carbonyl (C=O) groups is 2. The molecule has 0 fully saturated rings. The molecule has 0 aliphatic carbocycles. The van der Waals surface area contributed by atoms with Crippen molar-refractivity contribution in [2.75, 3.05) is 6.61 Å². The van der Waals surface area contributed by atoms with Crippen LogP contribution in [0.15, 0.2) is 60.7 Å². The van der Waals surface area contributed by atoms with E-state index in [1.165, 1.54) is 30.3 Å². The second kappa shape index (κ2) is 11.2. The second-order valence-corrected chi connectivity index (χ2v) is 7.53. The molecule has 0 aromatic heterocycles. The van der Waals surface area contributed by atoms with E-state index in [-0.39, 0.29) is 52.4 Å². The van der Waals surface area contributed by atoms with Crippen LogP contribution in [0, 0.1) is 11.3 Å². The zero-order valence-electron chi connectivity index (χ0n) is 17.2. The van der Waals surface area contributed by atoms with Crippen LogP contribution in [0.5, 0.6) is 11.5 Å². The van der Waals surface area contributed by atoms with E-state index in [9.17, 15) is 14.7 Å². The van der Waals surface area contributed by atoms with Gasteiger partial charge < -0.3 is 19.9 Å². The molecule has 3 rings (SSSR count). The van der Waals surface area contributed by atoms with Crippen molar-refractivity contribution in [3.63, 3.8) is 0 Å². The highest BCUT2D eigenvalue weighted by Gasteiger charge is 2.19. The fraction of sp³-hybridized carbons (Fsp3) is 0.125. The smallest absolute Gasteiger partial charge is 0.407 e. The Morgan fingerprint density at radius 1 is 1.03 bits per heavy atom. The molecule has 0 saturated heterocycles. The van der Waals surface area contributed by atoms with Crippen LogP contribution < -0.4 is 10.1 Å². The number of phenols is 1. The van der Waals surface area contributed by atoms with Crippen molar-refractivity contribution in [2.24, 2.45) is 0 Å². The van der Waals surface area contributed by atoms with Gasteiger partial charge in [-0.1, -0.05) is 53.5 Å². The van der Waals surface area contributed by atoms with Crippen molar-refractivity contribution in [1.82, 2.24) is 5.32 Å². The molecule has 0 spiro atoms. The molecule has 0 saturated carbocycles. The summed E-state index contributed by atoms with van der Waals surface area (Å²) in [5.41, 5.74) is 1.50. The number of ketones is 1. The van der Waals surface area contributed by atoms with Gasteiger partial charge in [0, 0.05) is 23.2 Å². The number of nitrogens with zero attached hydrogens (tertiary/aromatic N) is 1. The third-order valence-electron chi connectivity index (χ3n) is 4.56. The lowest BCUT2D eigenvalue weighted by Crippen LogP contribution is -2.23. The predicted molar refractivity (Wildman–Crippen MR) is 123 cm³/mol. The maximum atomic E-state index is 13.0. The second-order valence-electron chi connectivity index (χ2n) is 6.77. The van der Waals surface area contributed by atoms with Crippen molar-refractivity contribution >= 4 is 35.1 Å². The minimum absolute atomic E-state index is 0.0135. The molecule has 2 N–H and O–H groups in total. The van der Waals surface area contributed by atoms with Crippen molar-refractivity contribution in [3.8, 4) is 17.6 Å². The maximum Gasteiger partial charge on any atom is 0.407 e. The molecule has 0 bridgehead atoms. The summed E-state index contributed by atoms with van der Waals surface area (Å²) < 4.78 is 10.3. The monoisotopic (exact) mass is 484 g/mol. The highest BCUT2D eigenvalue weighted by Crippen LogP contribution is 2.36. The molecule has 3 aromatic carbocycles. The molecular weight excluding hydrogens is 467 g/mol. The fourth-order valence-electron chi connectivity index (χ4n) is 2.89. The lowest BCUT2D eigenvalue weighted by atomic mass is 10.0. The Labute approximate surface area is 200 Å². The molecule has 9 heteroatoms. The van der Waals surface area contributed by atoms with Gasteiger partial charge in [-0.05, 0) is 35.9 Å². The summed E-state index contributed by atoms with van der Waals surface area (Å²) in [6.07, 6.45) is -0.669. The Kier molecular flexibility index (Phi) is 8.14. The van der Waals surface area contributed by atoms with E-state index in [0.717, 1.165) is 5.56 Å². The van der Waals surface area contributed by atoms with Crippen molar-refractivity contribution < 1.29 is 24.2 Å². The number of ether oxygens (including phenoxy) is 2. The number of benzene rings is 3. The zero-order valence-corrected chi connectivity index (χ0v) is 18.7. The van der Waals surface area contributed by atoms with Crippen LogP contribution in [0.4, 0.5) is 4.79 Å². The van der Waals surface area contributed by atoms with Crippen molar-refractivity contribution in [2.45, 2.75) is 13.2 Å². The van der Waals surface area contributed by atoms with E-state index in [1.54, 1.807) is 0 Å². The number of aromatic hydroxyl groups is 1. The zero-order chi connectivity index (χ0) is 23.8. The average Bonchev–Trinajstić information content (AvgIpc) is 2.83. The third kappa shape index (κ3) is 6.16. The summed E-state index contributed by atoms with van der Waals surface area (Å²) >= 11 is 12.4. The highest BCUT2D eigenvalue weighted by atomic mass is 35.5. The largest absolute Gasteiger partial charge is 0.508 e. The molecule has 7 nitrogen and oxygen atoms in total. The number of nitriles is 1. The van der Waals surface area contributed by atoms with Gasteiger partial charge in [0.1, 0.15) is 29.2 Å². The molecule has 0 aliphatic rings. The first kappa shape index (κ1) is 23.9. The van der Waals surface area contributed by atoms with Gasteiger partial charge in [-0.2, -0.15) is 5.26 Å². The molecule has 0 radical (unpaired) electrons. The van der Waals surface area contributed by atoms with Crippen LogP contribution in [-0.2, 0) is 17.9 Å². The predicted octanol–water partition coefficient (Wildman–Crippen LogP) is 5.26. The number of nitrogens with one attached hydrogen (secondary N) is 1. The maximum absolute atomic E-state index is 13.0. The molecule has 0 unspecified atom stereocenters. The van der Waals surface area contributed by atoms with Crippen LogP contribution >= 0.6 is 23.2 Å². The minimum Gasteiger partial charge on any atom is -0.508 e. The standard InChI is InChI=1S/C24H18Cl2N2O5/c25-21-18(7-9-20(22(21)26)32-11-10-27)23(30)16-6-8-19(29)17(12-16)13-28-24(31)33-14-15-4-2-1-3-5-15/h1-9,12,29H,11,13-14H2,(H,28,31). The first-order valence-corrected chi connectivity index (χ1v) is 10.4. The number of carbonyl (C=O) groups excluding carboxylic acids is 2. The number of rotatable bonds is 8. The molecule has 0 aliphatic heterocycles. The number of amides is 1. The van der Waals surface area contributed by atoms with Crippen molar-refractivity contribution in [1.29, 1.82) is 5.26 Å². The fourth-order valence-corrected chi connectivity index (χ4v) is 3.36.